The van der Waals surface area contributed by atoms with E-state index in [1.165, 1.54) is 0 Å². The molecule has 5 nitrogen and oxygen atoms in total. The average Bonchev–Trinajstić information content (AvgIpc) is 2.72. The van der Waals surface area contributed by atoms with Crippen LogP contribution in [-0.4, -0.2) is 24.1 Å². The number of nitrogens with zero attached hydrogens (tertiary/aromatic N) is 1. The Labute approximate surface area is 116 Å². The molecule has 20 heavy (non-hydrogen) atoms. The zero-order valence-electron chi connectivity index (χ0n) is 10.8. The smallest absolute Gasteiger partial charge is 0.255 e. The molecular formula is C15H14N2O3. The molecular weight excluding hydrogens is 256 g/mol. The molecule has 0 radical (unpaired) electrons. The van der Waals surface area contributed by atoms with Crippen LogP contribution < -0.4 is 14.8 Å². The first kappa shape index (κ1) is 12.5. The van der Waals surface area contributed by atoms with E-state index in [-0.39, 0.29) is 5.91 Å². The maximum atomic E-state index is 12.2. The van der Waals surface area contributed by atoms with E-state index < -0.39 is 0 Å². The van der Waals surface area contributed by atoms with Gasteiger partial charge in [-0.1, -0.05) is 0 Å². The lowest BCUT2D eigenvalue weighted by Crippen LogP contribution is -2.12. The Morgan fingerprint density at radius 1 is 1.15 bits per heavy atom. The highest BCUT2D eigenvalue weighted by Crippen LogP contribution is 2.30. The maximum Gasteiger partial charge on any atom is 0.255 e. The molecule has 2 heterocycles. The summed E-state index contributed by atoms with van der Waals surface area (Å²) in [6.45, 7) is 1.23. The highest BCUT2D eigenvalue weighted by atomic mass is 16.5. The number of anilines is 1. The van der Waals surface area contributed by atoms with Gasteiger partial charge in [-0.15, -0.1) is 0 Å². The van der Waals surface area contributed by atoms with E-state index in [0.717, 1.165) is 6.42 Å². The van der Waals surface area contributed by atoms with Crippen molar-refractivity contribution in [3.05, 3.63) is 48.3 Å². The molecule has 3 rings (SSSR count). The number of fused-ring (bicyclic) bond motifs is 1. The van der Waals surface area contributed by atoms with Crippen LogP contribution in [0.1, 0.15) is 16.8 Å². The van der Waals surface area contributed by atoms with Gasteiger partial charge >= 0.3 is 0 Å². The van der Waals surface area contributed by atoms with Crippen molar-refractivity contribution < 1.29 is 14.3 Å². The van der Waals surface area contributed by atoms with E-state index in [0.29, 0.717) is 36.0 Å². The van der Waals surface area contributed by atoms with Gasteiger partial charge in [0.25, 0.3) is 5.91 Å². The molecule has 0 saturated heterocycles. The Balaban J connectivity index is 1.80. The minimum atomic E-state index is -0.200. The van der Waals surface area contributed by atoms with Crippen LogP contribution in [0.25, 0.3) is 0 Å². The number of benzene rings is 1. The number of aromatic nitrogens is 1. The summed E-state index contributed by atoms with van der Waals surface area (Å²) in [4.78, 5) is 16.1. The minimum absolute atomic E-state index is 0.200. The van der Waals surface area contributed by atoms with Gasteiger partial charge in [0, 0.05) is 18.2 Å². The van der Waals surface area contributed by atoms with E-state index in [1.807, 2.05) is 0 Å². The van der Waals surface area contributed by atoms with Gasteiger partial charge in [0.1, 0.15) is 0 Å². The van der Waals surface area contributed by atoms with Gasteiger partial charge in [-0.05, 0) is 30.3 Å². The molecule has 0 saturated carbocycles. The third-order valence-corrected chi connectivity index (χ3v) is 2.93. The summed E-state index contributed by atoms with van der Waals surface area (Å²) in [7, 11) is 0. The lowest BCUT2D eigenvalue weighted by atomic mass is 10.2. The summed E-state index contributed by atoms with van der Waals surface area (Å²) in [6.07, 6.45) is 4.09. The fourth-order valence-corrected chi connectivity index (χ4v) is 1.94. The fraction of sp³-hybridized carbons (Fsp3) is 0.200. The molecule has 1 aromatic carbocycles. The van der Waals surface area contributed by atoms with Gasteiger partial charge in [0.15, 0.2) is 11.5 Å². The largest absolute Gasteiger partial charge is 0.490 e. The molecule has 5 heteroatoms. The average molecular weight is 270 g/mol. The normalized spacial score (nSPS) is 13.4. The molecule has 1 amide bonds. The van der Waals surface area contributed by atoms with Gasteiger partial charge in [-0.3, -0.25) is 9.78 Å². The van der Waals surface area contributed by atoms with Crippen molar-refractivity contribution in [1.82, 2.24) is 4.98 Å². The number of carbonyl (C=O) groups excluding carboxylic acids is 1. The van der Waals surface area contributed by atoms with Crippen molar-refractivity contribution in [2.24, 2.45) is 0 Å². The molecule has 2 aromatic rings. The topological polar surface area (TPSA) is 60.5 Å². The molecule has 0 fully saturated rings. The molecule has 1 aliphatic heterocycles. The van der Waals surface area contributed by atoms with Gasteiger partial charge in [-0.25, -0.2) is 0 Å². The van der Waals surface area contributed by atoms with Crippen LogP contribution in [0.2, 0.25) is 0 Å². The Kier molecular flexibility index (Phi) is 3.50. The third-order valence-electron chi connectivity index (χ3n) is 2.93. The highest BCUT2D eigenvalue weighted by molar-refractivity contribution is 6.04. The van der Waals surface area contributed by atoms with Crippen LogP contribution in [0.3, 0.4) is 0 Å². The second-order valence-electron chi connectivity index (χ2n) is 4.41. The molecule has 1 N–H and O–H groups in total. The second kappa shape index (κ2) is 5.61. The third kappa shape index (κ3) is 2.71. The van der Waals surface area contributed by atoms with Gasteiger partial charge in [0.05, 0.1) is 25.1 Å². The Morgan fingerprint density at radius 2 is 2.00 bits per heavy atom. The highest BCUT2D eigenvalue weighted by Gasteiger charge is 2.14. The molecule has 1 aromatic heterocycles. The Bertz CT molecular complexity index is 614. The maximum absolute atomic E-state index is 12.2. The summed E-state index contributed by atoms with van der Waals surface area (Å²) < 4.78 is 11.1. The summed E-state index contributed by atoms with van der Waals surface area (Å²) in [6, 6.07) is 8.74. The summed E-state index contributed by atoms with van der Waals surface area (Å²) in [5.41, 5.74) is 1.18. The zero-order valence-corrected chi connectivity index (χ0v) is 10.8. The number of amides is 1. The second-order valence-corrected chi connectivity index (χ2v) is 4.41. The van der Waals surface area contributed by atoms with Crippen LogP contribution in [0.4, 0.5) is 5.69 Å². The van der Waals surface area contributed by atoms with Crippen molar-refractivity contribution in [1.29, 1.82) is 0 Å². The van der Waals surface area contributed by atoms with E-state index in [9.17, 15) is 4.79 Å². The number of nitrogens with one attached hydrogen (secondary N) is 1. The summed E-state index contributed by atoms with van der Waals surface area (Å²) >= 11 is 0. The standard InChI is InChI=1S/C15H14N2O3/c18-15(17-12-3-1-6-16-10-12)11-4-5-13-14(9-11)20-8-2-7-19-13/h1,3-6,9-10H,2,7-8H2,(H,17,18). The van der Waals surface area contributed by atoms with Crippen LogP contribution in [0, 0.1) is 0 Å². The van der Waals surface area contributed by atoms with Crippen LogP contribution >= 0.6 is 0 Å². The number of carbonyl (C=O) groups is 1. The number of ether oxygens (including phenoxy) is 2. The lowest BCUT2D eigenvalue weighted by Gasteiger charge is -2.09. The molecule has 0 aliphatic carbocycles. The van der Waals surface area contributed by atoms with Crippen molar-refractivity contribution in [2.45, 2.75) is 6.42 Å². The predicted molar refractivity (Wildman–Crippen MR) is 74.2 cm³/mol. The fourth-order valence-electron chi connectivity index (χ4n) is 1.94. The minimum Gasteiger partial charge on any atom is -0.490 e. The molecule has 1 aliphatic rings. The molecule has 0 atom stereocenters. The molecule has 0 bridgehead atoms. The number of pyridine rings is 1. The van der Waals surface area contributed by atoms with Crippen molar-refractivity contribution in [3.8, 4) is 11.5 Å². The first-order chi connectivity index (χ1) is 9.83. The van der Waals surface area contributed by atoms with E-state index in [2.05, 4.69) is 10.3 Å². The van der Waals surface area contributed by atoms with Crippen LogP contribution in [0.15, 0.2) is 42.7 Å². The first-order valence-corrected chi connectivity index (χ1v) is 6.44. The zero-order chi connectivity index (χ0) is 13.8. The molecule has 102 valence electrons. The van der Waals surface area contributed by atoms with Crippen LogP contribution in [-0.2, 0) is 0 Å². The summed E-state index contributed by atoms with van der Waals surface area (Å²) in [5.74, 6) is 1.09. The number of hydrogen-bond acceptors (Lipinski definition) is 4. The Morgan fingerprint density at radius 3 is 2.80 bits per heavy atom. The molecule has 0 spiro atoms. The predicted octanol–water partition coefficient (Wildman–Crippen LogP) is 2.50. The van der Waals surface area contributed by atoms with Gasteiger partial charge in [0.2, 0.25) is 0 Å². The number of hydrogen-bond donors (Lipinski definition) is 1. The molecule has 0 unspecified atom stereocenters. The van der Waals surface area contributed by atoms with E-state index in [4.69, 9.17) is 9.47 Å². The number of rotatable bonds is 2. The monoisotopic (exact) mass is 270 g/mol. The summed E-state index contributed by atoms with van der Waals surface area (Å²) in [5, 5.41) is 2.78. The van der Waals surface area contributed by atoms with Crippen molar-refractivity contribution in [3.63, 3.8) is 0 Å². The van der Waals surface area contributed by atoms with E-state index >= 15 is 0 Å². The Hall–Kier alpha value is -2.56. The van der Waals surface area contributed by atoms with Crippen molar-refractivity contribution in [2.75, 3.05) is 18.5 Å². The van der Waals surface area contributed by atoms with Crippen LogP contribution in [0.5, 0.6) is 11.5 Å². The van der Waals surface area contributed by atoms with Gasteiger partial charge < -0.3 is 14.8 Å². The van der Waals surface area contributed by atoms with Gasteiger partial charge in [-0.2, -0.15) is 0 Å². The quantitative estimate of drug-likeness (QED) is 0.910. The lowest BCUT2D eigenvalue weighted by molar-refractivity contribution is 0.102. The van der Waals surface area contributed by atoms with E-state index in [1.54, 1.807) is 42.7 Å². The SMILES string of the molecule is O=C(Nc1cccnc1)c1ccc2c(c1)OCCCO2. The first-order valence-electron chi connectivity index (χ1n) is 6.44. The van der Waals surface area contributed by atoms with Crippen molar-refractivity contribution >= 4 is 11.6 Å².